The van der Waals surface area contributed by atoms with Gasteiger partial charge in [0.15, 0.2) is 0 Å². The first-order chi connectivity index (χ1) is 20.6. The number of aryl methyl sites for hydroxylation is 2. The zero-order valence-corrected chi connectivity index (χ0v) is 28.1. The van der Waals surface area contributed by atoms with Crippen molar-refractivity contribution in [2.24, 2.45) is 5.92 Å². The van der Waals surface area contributed by atoms with E-state index in [-0.39, 0.29) is 37.4 Å². The van der Waals surface area contributed by atoms with E-state index in [9.17, 15) is 31.1 Å². The van der Waals surface area contributed by atoms with Gasteiger partial charge in [-0.25, -0.2) is 0 Å². The normalized spacial score (nSPS) is 20.1. The highest BCUT2D eigenvalue weighted by Crippen LogP contribution is 2.37. The first kappa shape index (κ1) is 39.9. The highest BCUT2D eigenvalue weighted by molar-refractivity contribution is 5.95. The summed E-state index contributed by atoms with van der Waals surface area (Å²) in [5.41, 5.74) is -0.501. The summed E-state index contributed by atoms with van der Waals surface area (Å²) in [5.74, 6) is -0.373. The van der Waals surface area contributed by atoms with E-state index in [0.717, 1.165) is 29.8 Å². The lowest BCUT2D eigenvalue weighted by Gasteiger charge is -2.41. The minimum absolute atomic E-state index is 0. The van der Waals surface area contributed by atoms with Gasteiger partial charge in [-0.1, -0.05) is 44.2 Å². The SMILES string of the molecule is Cc1ccc(C[C@@H]2CN(CC=CCN3CCOC[C@@H]3C(C)C)CCN2C(=O)c2cc(C(F)(F)F)cc(C(F)(F)F)c2)cc1C.Cl.Cl. The molecule has 258 valence electrons. The minimum Gasteiger partial charge on any atom is -0.378 e. The molecule has 0 saturated carbocycles. The maximum atomic E-state index is 13.7. The highest BCUT2D eigenvalue weighted by atomic mass is 35.5. The van der Waals surface area contributed by atoms with Gasteiger partial charge >= 0.3 is 12.4 Å². The van der Waals surface area contributed by atoms with Gasteiger partial charge in [0.25, 0.3) is 5.91 Å². The molecule has 0 spiro atoms. The molecule has 2 aliphatic rings. The third kappa shape index (κ3) is 10.3. The predicted octanol–water partition coefficient (Wildman–Crippen LogP) is 7.47. The van der Waals surface area contributed by atoms with Crippen molar-refractivity contribution in [2.45, 2.75) is 58.6 Å². The lowest BCUT2D eigenvalue weighted by molar-refractivity contribution is -0.143. The van der Waals surface area contributed by atoms with E-state index in [1.807, 2.05) is 32.0 Å². The van der Waals surface area contributed by atoms with Gasteiger partial charge in [-0.3, -0.25) is 14.6 Å². The van der Waals surface area contributed by atoms with E-state index >= 15 is 0 Å². The van der Waals surface area contributed by atoms with Gasteiger partial charge in [0.05, 0.1) is 24.3 Å². The standard InChI is InChI=1S/C33H41F6N3O2.2ClH/c1-22(2)30-21-44-14-13-41(30)10-6-5-9-40-11-12-42(29(20-40)16-25-8-7-23(3)24(4)15-25)31(43)26-17-27(32(34,35)36)19-28(18-26)33(37,38)39;;/h5-8,15,17-19,22,29-30H,9-14,16,20-21H2,1-4H3;2*1H/t29-,30-;;/m1../s1. The molecule has 0 bridgehead atoms. The monoisotopic (exact) mass is 697 g/mol. The van der Waals surface area contributed by atoms with Gasteiger partial charge < -0.3 is 9.64 Å². The number of rotatable bonds is 8. The number of nitrogens with zero attached hydrogens (tertiary/aromatic N) is 3. The van der Waals surface area contributed by atoms with Gasteiger partial charge in [-0.2, -0.15) is 26.3 Å². The van der Waals surface area contributed by atoms with Crippen LogP contribution in [0.1, 0.15) is 52.0 Å². The molecule has 0 N–H and O–H groups in total. The quantitative estimate of drug-likeness (QED) is 0.212. The van der Waals surface area contributed by atoms with Gasteiger partial charge in [-0.05, 0) is 61.1 Å². The van der Waals surface area contributed by atoms with Crippen LogP contribution >= 0.6 is 24.8 Å². The molecule has 2 saturated heterocycles. The minimum atomic E-state index is -5.03. The molecule has 0 aliphatic carbocycles. The van der Waals surface area contributed by atoms with Gasteiger partial charge in [0.1, 0.15) is 0 Å². The summed E-state index contributed by atoms with van der Waals surface area (Å²) in [5, 5.41) is 0. The fourth-order valence-corrected chi connectivity index (χ4v) is 5.91. The maximum Gasteiger partial charge on any atom is 0.416 e. The summed E-state index contributed by atoms with van der Waals surface area (Å²) < 4.78 is 86.9. The summed E-state index contributed by atoms with van der Waals surface area (Å²) in [6, 6.07) is 6.93. The summed E-state index contributed by atoms with van der Waals surface area (Å²) in [7, 11) is 0. The fraction of sp³-hybridized carbons (Fsp3) is 0.545. The molecule has 2 fully saturated rings. The van der Waals surface area contributed by atoms with Crippen molar-refractivity contribution >= 4 is 30.7 Å². The van der Waals surface area contributed by atoms with Gasteiger partial charge in [-0.15, -0.1) is 24.8 Å². The molecule has 5 nitrogen and oxygen atoms in total. The Morgan fingerprint density at radius 2 is 1.52 bits per heavy atom. The summed E-state index contributed by atoms with van der Waals surface area (Å²) in [4.78, 5) is 19.6. The second kappa shape index (κ2) is 16.7. The van der Waals surface area contributed by atoms with Crippen molar-refractivity contribution < 1.29 is 35.9 Å². The van der Waals surface area contributed by atoms with Crippen molar-refractivity contribution in [3.05, 3.63) is 81.9 Å². The van der Waals surface area contributed by atoms with E-state index < -0.39 is 41.0 Å². The second-order valence-corrected chi connectivity index (χ2v) is 12.2. The molecule has 13 heteroatoms. The zero-order valence-electron chi connectivity index (χ0n) is 26.5. The number of halogens is 8. The number of alkyl halides is 6. The Labute approximate surface area is 279 Å². The predicted molar refractivity (Wildman–Crippen MR) is 172 cm³/mol. The van der Waals surface area contributed by atoms with E-state index in [2.05, 4.69) is 35.8 Å². The number of piperazine rings is 1. The molecule has 46 heavy (non-hydrogen) atoms. The number of carbonyl (C=O) groups is 1. The Morgan fingerprint density at radius 3 is 2.11 bits per heavy atom. The summed E-state index contributed by atoms with van der Waals surface area (Å²) >= 11 is 0. The molecular formula is C33H43Cl2F6N3O2. The first-order valence-electron chi connectivity index (χ1n) is 15.0. The fourth-order valence-electron chi connectivity index (χ4n) is 5.91. The van der Waals surface area contributed by atoms with E-state index in [4.69, 9.17) is 4.74 Å². The smallest absolute Gasteiger partial charge is 0.378 e. The third-order valence-corrected chi connectivity index (χ3v) is 8.63. The number of morpholine rings is 1. The van der Waals surface area contributed by atoms with Crippen LogP contribution in [0.25, 0.3) is 0 Å². The average Bonchev–Trinajstić information content (AvgIpc) is 2.96. The number of benzene rings is 2. The van der Waals surface area contributed by atoms with Gasteiger partial charge in [0.2, 0.25) is 0 Å². The topological polar surface area (TPSA) is 36.0 Å². The van der Waals surface area contributed by atoms with Crippen LogP contribution in [-0.4, -0.2) is 85.2 Å². The Bertz CT molecular complexity index is 1300. The molecule has 0 radical (unpaired) electrons. The van der Waals surface area contributed by atoms with Crippen molar-refractivity contribution in [1.29, 1.82) is 0 Å². The molecular weight excluding hydrogens is 655 g/mol. The van der Waals surface area contributed by atoms with Crippen molar-refractivity contribution in [1.82, 2.24) is 14.7 Å². The molecule has 2 atom stereocenters. The summed E-state index contributed by atoms with van der Waals surface area (Å²) in [6.07, 6.45) is -5.44. The molecule has 0 aromatic heterocycles. The molecule has 2 aliphatic heterocycles. The molecule has 2 aromatic rings. The number of carbonyl (C=O) groups excluding carboxylic acids is 1. The van der Waals surface area contributed by atoms with E-state index in [1.54, 1.807) is 0 Å². The Kier molecular flexibility index (Phi) is 14.5. The zero-order chi connectivity index (χ0) is 32.2. The van der Waals surface area contributed by atoms with Crippen LogP contribution in [0, 0.1) is 19.8 Å². The van der Waals surface area contributed by atoms with E-state index in [0.29, 0.717) is 63.4 Å². The van der Waals surface area contributed by atoms with Crippen LogP contribution in [0.5, 0.6) is 0 Å². The summed E-state index contributed by atoms with van der Waals surface area (Å²) in [6.45, 7) is 13.0. The number of hydrogen-bond donors (Lipinski definition) is 0. The molecule has 4 rings (SSSR count). The Balaban J connectivity index is 0.00000368. The van der Waals surface area contributed by atoms with Crippen LogP contribution < -0.4 is 0 Å². The lowest BCUT2D eigenvalue weighted by atomic mass is 9.97. The second-order valence-electron chi connectivity index (χ2n) is 12.2. The van der Waals surface area contributed by atoms with Crippen molar-refractivity contribution in [2.75, 3.05) is 52.5 Å². The maximum absolute atomic E-state index is 13.7. The largest absolute Gasteiger partial charge is 0.416 e. The molecule has 1 amide bonds. The molecule has 2 aromatic carbocycles. The van der Waals surface area contributed by atoms with Crippen LogP contribution in [0.15, 0.2) is 48.6 Å². The average molecular weight is 699 g/mol. The van der Waals surface area contributed by atoms with Crippen LogP contribution in [0.4, 0.5) is 26.3 Å². The van der Waals surface area contributed by atoms with Crippen LogP contribution in [0.3, 0.4) is 0 Å². The highest BCUT2D eigenvalue weighted by Gasteiger charge is 2.39. The molecule has 2 heterocycles. The van der Waals surface area contributed by atoms with Crippen LogP contribution in [0.2, 0.25) is 0 Å². The van der Waals surface area contributed by atoms with Crippen molar-refractivity contribution in [3.8, 4) is 0 Å². The van der Waals surface area contributed by atoms with Crippen molar-refractivity contribution in [3.63, 3.8) is 0 Å². The molecule has 0 unspecified atom stereocenters. The van der Waals surface area contributed by atoms with Gasteiger partial charge in [0, 0.05) is 56.9 Å². The number of amides is 1. The Hall–Kier alpha value is -2.31. The van der Waals surface area contributed by atoms with Crippen LogP contribution in [-0.2, 0) is 23.5 Å². The number of ether oxygens (including phenoxy) is 1. The Morgan fingerprint density at radius 1 is 0.891 bits per heavy atom. The van der Waals surface area contributed by atoms with E-state index in [1.165, 1.54) is 4.90 Å². The first-order valence-corrected chi connectivity index (χ1v) is 15.0. The number of hydrogen-bond acceptors (Lipinski definition) is 4. The third-order valence-electron chi connectivity index (χ3n) is 8.63. The lowest BCUT2D eigenvalue weighted by Crippen LogP contribution is -2.56.